The number of fused-ring (bicyclic) bond motifs is 4. The van der Waals surface area contributed by atoms with Crippen LogP contribution in [0.3, 0.4) is 0 Å². The number of carbonyl (C=O) groups is 2. The van der Waals surface area contributed by atoms with Crippen molar-refractivity contribution in [2.24, 2.45) is 0 Å². The maximum atomic E-state index is 14.4. The van der Waals surface area contributed by atoms with E-state index in [-0.39, 0.29) is 11.7 Å². The summed E-state index contributed by atoms with van der Waals surface area (Å²) >= 11 is 12.7. The van der Waals surface area contributed by atoms with E-state index in [1.165, 1.54) is 12.0 Å². The molecular formula is C28H24Cl2N6O3. The van der Waals surface area contributed by atoms with Crippen LogP contribution in [0.2, 0.25) is 10.0 Å². The van der Waals surface area contributed by atoms with Gasteiger partial charge in [0.15, 0.2) is 11.2 Å². The average Bonchev–Trinajstić information content (AvgIpc) is 3.49. The van der Waals surface area contributed by atoms with Crippen molar-refractivity contribution in [3.63, 3.8) is 0 Å². The van der Waals surface area contributed by atoms with Crippen LogP contribution in [-0.2, 0) is 10.3 Å². The molecule has 0 aliphatic carbocycles. The molecular weight excluding hydrogens is 539 g/mol. The molecule has 2 aliphatic rings. The lowest BCUT2D eigenvalue weighted by molar-refractivity contribution is -0.119. The molecule has 6 rings (SSSR count). The van der Waals surface area contributed by atoms with Gasteiger partial charge in [0, 0.05) is 33.5 Å². The normalized spacial score (nSPS) is 17.7. The molecule has 0 unspecified atom stereocenters. The topological polar surface area (TPSA) is 102 Å². The molecule has 0 saturated carbocycles. The molecule has 198 valence electrons. The van der Waals surface area contributed by atoms with Crippen LogP contribution in [0.5, 0.6) is 5.88 Å². The molecule has 2 amide bonds. The molecule has 11 heteroatoms. The van der Waals surface area contributed by atoms with Gasteiger partial charge in [-0.2, -0.15) is 4.98 Å². The van der Waals surface area contributed by atoms with Gasteiger partial charge < -0.3 is 14.6 Å². The van der Waals surface area contributed by atoms with Gasteiger partial charge in [-0.25, -0.2) is 9.97 Å². The second-order valence-corrected chi connectivity index (χ2v) is 10.7. The van der Waals surface area contributed by atoms with E-state index in [0.29, 0.717) is 55.8 Å². The number of anilines is 2. The zero-order valence-corrected chi connectivity index (χ0v) is 23.3. The van der Waals surface area contributed by atoms with Crippen LogP contribution in [0.1, 0.15) is 53.0 Å². The zero-order chi connectivity index (χ0) is 27.8. The van der Waals surface area contributed by atoms with E-state index in [1.807, 2.05) is 31.4 Å². The van der Waals surface area contributed by atoms with Gasteiger partial charge in [-0.3, -0.25) is 14.5 Å². The van der Waals surface area contributed by atoms with Crippen LogP contribution < -0.4 is 15.0 Å². The highest BCUT2D eigenvalue weighted by atomic mass is 35.5. The van der Waals surface area contributed by atoms with Crippen molar-refractivity contribution in [3.8, 4) is 17.3 Å². The van der Waals surface area contributed by atoms with Gasteiger partial charge >= 0.3 is 0 Å². The van der Waals surface area contributed by atoms with E-state index >= 15 is 0 Å². The summed E-state index contributed by atoms with van der Waals surface area (Å²) in [5.74, 6) is 0.451. The second-order valence-electron chi connectivity index (χ2n) is 9.86. The number of imidazole rings is 1. The van der Waals surface area contributed by atoms with Crippen molar-refractivity contribution < 1.29 is 14.3 Å². The number of methoxy groups -OCH3 is 1. The number of hydrogen-bond acceptors (Lipinski definition) is 6. The van der Waals surface area contributed by atoms with Crippen molar-refractivity contribution in [1.29, 1.82) is 0 Å². The molecule has 4 aromatic rings. The summed E-state index contributed by atoms with van der Waals surface area (Å²) in [6.45, 7) is 7.56. The highest BCUT2D eigenvalue weighted by Gasteiger charge is 2.64. The highest BCUT2D eigenvalue weighted by molar-refractivity contribution is 6.32. The molecule has 0 saturated heterocycles. The Morgan fingerprint density at radius 3 is 2.46 bits per heavy atom. The van der Waals surface area contributed by atoms with Gasteiger partial charge in [0.2, 0.25) is 5.88 Å². The smallest absolute Gasteiger partial charge is 0.280 e. The predicted molar refractivity (Wildman–Crippen MR) is 149 cm³/mol. The average molecular weight is 563 g/mol. The first-order chi connectivity index (χ1) is 18.6. The monoisotopic (exact) mass is 562 g/mol. The van der Waals surface area contributed by atoms with Gasteiger partial charge in [-0.05, 0) is 57.5 Å². The van der Waals surface area contributed by atoms with Gasteiger partial charge in [0.1, 0.15) is 11.6 Å². The number of nitrogens with one attached hydrogen (secondary N) is 1. The Labute approximate surface area is 234 Å². The predicted octanol–water partition coefficient (Wildman–Crippen LogP) is 5.71. The number of halogens is 2. The quantitative estimate of drug-likeness (QED) is 0.341. The number of ether oxygens (including phenoxy) is 1. The van der Waals surface area contributed by atoms with Crippen molar-refractivity contribution in [1.82, 2.24) is 19.5 Å². The zero-order valence-electron chi connectivity index (χ0n) is 21.8. The lowest BCUT2D eigenvalue weighted by atomic mass is 9.86. The number of hydrogen-bond donors (Lipinski definition) is 1. The number of amides is 2. The first-order valence-electron chi connectivity index (χ1n) is 12.3. The van der Waals surface area contributed by atoms with E-state index in [1.54, 1.807) is 43.5 Å². The Morgan fingerprint density at radius 2 is 1.74 bits per heavy atom. The Hall–Kier alpha value is -3.95. The van der Waals surface area contributed by atoms with Crippen molar-refractivity contribution in [2.45, 2.75) is 39.3 Å². The minimum Gasteiger partial charge on any atom is -0.480 e. The number of carbonyl (C=O) groups excluding carboxylic acids is 2. The number of rotatable bonds is 4. The fourth-order valence-corrected chi connectivity index (χ4v) is 5.92. The third kappa shape index (κ3) is 3.43. The van der Waals surface area contributed by atoms with Crippen molar-refractivity contribution in [3.05, 3.63) is 81.0 Å². The first kappa shape index (κ1) is 25.3. The molecule has 4 heterocycles. The minimum atomic E-state index is -1.57. The van der Waals surface area contributed by atoms with Crippen molar-refractivity contribution in [2.75, 3.05) is 17.3 Å². The minimum absolute atomic E-state index is 0.152. The third-order valence-corrected chi connectivity index (χ3v) is 7.65. The Kier molecular flexibility index (Phi) is 5.71. The first-order valence-corrected chi connectivity index (χ1v) is 13.1. The lowest BCUT2D eigenvalue weighted by Crippen LogP contribution is -2.51. The Bertz CT molecular complexity index is 1720. The molecule has 0 bridgehead atoms. The number of aryl methyl sites for hydroxylation is 2. The molecule has 39 heavy (non-hydrogen) atoms. The molecule has 0 radical (unpaired) electrons. The summed E-state index contributed by atoms with van der Waals surface area (Å²) in [5.41, 5.74) is 1.92. The Morgan fingerprint density at radius 1 is 1.03 bits per heavy atom. The van der Waals surface area contributed by atoms with Gasteiger partial charge in [0.05, 0.1) is 24.1 Å². The van der Waals surface area contributed by atoms with E-state index in [9.17, 15) is 9.59 Å². The number of benzene rings is 2. The van der Waals surface area contributed by atoms with Gasteiger partial charge in [-0.15, -0.1) is 0 Å². The summed E-state index contributed by atoms with van der Waals surface area (Å²) in [5, 5.41) is 3.87. The molecule has 1 atom stereocenters. The summed E-state index contributed by atoms with van der Waals surface area (Å²) in [7, 11) is 1.52. The fraction of sp³-hybridized carbons (Fsp3) is 0.250. The molecule has 0 fully saturated rings. The highest BCUT2D eigenvalue weighted by Crippen LogP contribution is 2.55. The van der Waals surface area contributed by atoms with Crippen LogP contribution in [-0.4, -0.2) is 38.4 Å². The van der Waals surface area contributed by atoms with E-state index in [0.717, 1.165) is 5.56 Å². The molecule has 2 aromatic heterocycles. The van der Waals surface area contributed by atoms with Crippen LogP contribution in [0.25, 0.3) is 11.4 Å². The summed E-state index contributed by atoms with van der Waals surface area (Å²) in [6, 6.07) is 10.2. The lowest BCUT2D eigenvalue weighted by Gasteiger charge is -2.36. The summed E-state index contributed by atoms with van der Waals surface area (Å²) in [4.78, 5) is 43.8. The number of aromatic nitrogens is 4. The molecule has 2 aromatic carbocycles. The van der Waals surface area contributed by atoms with E-state index in [4.69, 9.17) is 32.9 Å². The molecule has 2 aliphatic heterocycles. The molecule has 1 N–H and O–H groups in total. The maximum Gasteiger partial charge on any atom is 0.280 e. The molecule has 9 nitrogen and oxygen atoms in total. The fourth-order valence-electron chi connectivity index (χ4n) is 5.58. The third-order valence-electron chi connectivity index (χ3n) is 7.18. The van der Waals surface area contributed by atoms with E-state index < -0.39 is 17.4 Å². The second kappa shape index (κ2) is 8.79. The van der Waals surface area contributed by atoms with Gasteiger partial charge in [0.25, 0.3) is 11.8 Å². The van der Waals surface area contributed by atoms with Crippen LogP contribution >= 0.6 is 23.2 Å². The van der Waals surface area contributed by atoms with Crippen molar-refractivity contribution >= 4 is 46.4 Å². The summed E-state index contributed by atoms with van der Waals surface area (Å²) < 4.78 is 7.46. The molecule has 1 spiro atoms. The van der Waals surface area contributed by atoms with Crippen LogP contribution in [0, 0.1) is 13.8 Å². The maximum absolute atomic E-state index is 14.4. The van der Waals surface area contributed by atoms with Crippen LogP contribution in [0.15, 0.2) is 42.6 Å². The largest absolute Gasteiger partial charge is 0.480 e. The standard InChI is InChI=1S/C28H24Cl2N6O3/c1-13(2)35-23-22(34-24(35)18-12-31-15(4)32-25(18)39-5)26(37)36(21-11-17(30)7-6-14(21)3)28(23)19-9-8-16(29)10-20(19)33-27(28)38/h6-13H,1-5H3,(H,33,38)/t28-/m1/s1. The van der Waals surface area contributed by atoms with E-state index in [2.05, 4.69) is 15.3 Å². The van der Waals surface area contributed by atoms with Gasteiger partial charge in [-0.1, -0.05) is 35.3 Å². The summed E-state index contributed by atoms with van der Waals surface area (Å²) in [6.07, 6.45) is 1.62. The SMILES string of the molecule is COc1nc(C)ncc1-c1nc2c(n1C(C)C)[C@]1(C(=O)Nc3cc(Cl)ccc31)N(c1cc(Cl)ccc1C)C2=O. The Balaban J connectivity index is 1.74. The number of nitrogens with zero attached hydrogens (tertiary/aromatic N) is 5. The van der Waals surface area contributed by atoms with Crippen LogP contribution in [0.4, 0.5) is 11.4 Å².